The molecular formula is C15H18O3S. The summed E-state index contributed by atoms with van der Waals surface area (Å²) in [7, 11) is -4.19. The van der Waals surface area contributed by atoms with E-state index in [1.165, 1.54) is 0 Å². The fourth-order valence-corrected chi connectivity index (χ4v) is 3.07. The molecule has 2 aromatic carbocycles. The van der Waals surface area contributed by atoms with Crippen molar-refractivity contribution in [1.82, 2.24) is 0 Å². The van der Waals surface area contributed by atoms with E-state index < -0.39 is 10.1 Å². The van der Waals surface area contributed by atoms with Crippen LogP contribution in [-0.2, 0) is 23.0 Å². The monoisotopic (exact) mass is 278 g/mol. The highest BCUT2D eigenvalue weighted by molar-refractivity contribution is 7.86. The van der Waals surface area contributed by atoms with E-state index in [2.05, 4.69) is 6.92 Å². The van der Waals surface area contributed by atoms with Crippen molar-refractivity contribution in [1.29, 1.82) is 0 Å². The van der Waals surface area contributed by atoms with Crippen molar-refractivity contribution in [2.24, 2.45) is 0 Å². The molecule has 0 aliphatic rings. The first-order valence-corrected chi connectivity index (χ1v) is 7.92. The van der Waals surface area contributed by atoms with E-state index in [1.54, 1.807) is 12.1 Å². The van der Waals surface area contributed by atoms with Crippen LogP contribution in [0.4, 0.5) is 0 Å². The Kier molecular flexibility index (Phi) is 3.92. The molecule has 0 aromatic heterocycles. The quantitative estimate of drug-likeness (QED) is 0.869. The summed E-state index contributed by atoms with van der Waals surface area (Å²) in [6.07, 6.45) is 2.63. The molecule has 0 saturated heterocycles. The topological polar surface area (TPSA) is 54.4 Å². The Bertz CT molecular complexity index is 703. The molecule has 0 amide bonds. The minimum absolute atomic E-state index is 0.0103. The van der Waals surface area contributed by atoms with Gasteiger partial charge in [0.2, 0.25) is 0 Å². The first kappa shape index (κ1) is 14.0. The number of rotatable bonds is 4. The van der Waals surface area contributed by atoms with Crippen molar-refractivity contribution in [3.8, 4) is 0 Å². The Hall–Kier alpha value is -1.39. The van der Waals surface area contributed by atoms with Crippen LogP contribution >= 0.6 is 0 Å². The van der Waals surface area contributed by atoms with Gasteiger partial charge in [0.25, 0.3) is 10.1 Å². The Morgan fingerprint density at radius 3 is 2.32 bits per heavy atom. The van der Waals surface area contributed by atoms with Crippen molar-refractivity contribution >= 4 is 20.9 Å². The molecule has 0 heterocycles. The minimum atomic E-state index is -4.19. The molecule has 4 heteroatoms. The van der Waals surface area contributed by atoms with Gasteiger partial charge in [0.15, 0.2) is 0 Å². The van der Waals surface area contributed by atoms with Crippen LogP contribution in [0.15, 0.2) is 35.2 Å². The largest absolute Gasteiger partial charge is 0.295 e. The van der Waals surface area contributed by atoms with Gasteiger partial charge in [-0.25, -0.2) is 0 Å². The number of benzene rings is 2. The highest BCUT2D eigenvalue weighted by atomic mass is 32.2. The number of hydrogen-bond donors (Lipinski definition) is 1. The molecule has 3 nitrogen and oxygen atoms in total. The van der Waals surface area contributed by atoms with Crippen molar-refractivity contribution in [2.45, 2.75) is 38.0 Å². The lowest BCUT2D eigenvalue weighted by atomic mass is 10.0. The highest BCUT2D eigenvalue weighted by Gasteiger charge is 2.15. The maximum atomic E-state index is 11.5. The molecule has 19 heavy (non-hydrogen) atoms. The molecule has 0 aliphatic heterocycles. The fraction of sp³-hybridized carbons (Fsp3) is 0.333. The Morgan fingerprint density at radius 1 is 1.05 bits per heavy atom. The number of hydrogen-bond acceptors (Lipinski definition) is 2. The third-order valence-electron chi connectivity index (χ3n) is 3.26. The zero-order chi connectivity index (χ0) is 14.0. The minimum Gasteiger partial charge on any atom is -0.282 e. The first-order valence-electron chi connectivity index (χ1n) is 6.48. The average Bonchev–Trinajstić information content (AvgIpc) is 2.36. The molecule has 0 aliphatic carbocycles. The maximum Gasteiger partial charge on any atom is 0.295 e. The molecule has 0 atom stereocenters. The molecule has 0 saturated carbocycles. The molecule has 0 bridgehead atoms. The molecule has 102 valence electrons. The summed E-state index contributed by atoms with van der Waals surface area (Å²) in [6, 6.07) is 9.24. The second-order valence-electron chi connectivity index (χ2n) is 4.73. The maximum absolute atomic E-state index is 11.5. The molecule has 2 aromatic rings. The van der Waals surface area contributed by atoms with Crippen LogP contribution in [0.5, 0.6) is 0 Å². The number of aryl methyl sites for hydroxylation is 2. The van der Waals surface area contributed by atoms with Gasteiger partial charge in [0.1, 0.15) is 4.90 Å². The Morgan fingerprint density at radius 2 is 1.74 bits per heavy atom. The van der Waals surface area contributed by atoms with Gasteiger partial charge in [-0.2, -0.15) is 8.42 Å². The predicted octanol–water partition coefficient (Wildman–Crippen LogP) is 3.60. The van der Waals surface area contributed by atoms with Crippen molar-refractivity contribution in [2.75, 3.05) is 0 Å². The summed E-state index contributed by atoms with van der Waals surface area (Å²) < 4.78 is 32.4. The van der Waals surface area contributed by atoms with Gasteiger partial charge in [-0.05, 0) is 35.4 Å². The smallest absolute Gasteiger partial charge is 0.282 e. The third-order valence-corrected chi connectivity index (χ3v) is 4.16. The molecule has 0 unspecified atom stereocenters. The van der Waals surface area contributed by atoms with Crippen LogP contribution in [0.25, 0.3) is 10.8 Å². The van der Waals surface area contributed by atoms with Gasteiger partial charge < -0.3 is 0 Å². The Balaban J connectivity index is 2.77. The van der Waals surface area contributed by atoms with Crippen molar-refractivity contribution < 1.29 is 13.0 Å². The van der Waals surface area contributed by atoms with Gasteiger partial charge in [-0.1, -0.05) is 44.5 Å². The average molecular weight is 278 g/mol. The van der Waals surface area contributed by atoms with E-state index in [4.69, 9.17) is 0 Å². The summed E-state index contributed by atoms with van der Waals surface area (Å²) in [4.78, 5) is 0.0103. The molecule has 0 radical (unpaired) electrons. The molecular weight excluding hydrogens is 260 g/mol. The standard InChI is InChI=1S/C15H18O3S/c1-3-5-12-9-13-8-11(4-2)6-7-14(13)15(10-12)19(16,17)18/h6-10H,3-5H2,1-2H3,(H,16,17,18). The van der Waals surface area contributed by atoms with E-state index in [9.17, 15) is 13.0 Å². The van der Waals surface area contributed by atoms with E-state index in [-0.39, 0.29) is 4.90 Å². The molecule has 1 N–H and O–H groups in total. The van der Waals surface area contributed by atoms with E-state index >= 15 is 0 Å². The zero-order valence-electron chi connectivity index (χ0n) is 11.2. The normalized spacial score (nSPS) is 11.9. The zero-order valence-corrected chi connectivity index (χ0v) is 12.0. The molecule has 0 fully saturated rings. The van der Waals surface area contributed by atoms with Crippen molar-refractivity contribution in [3.05, 3.63) is 41.5 Å². The first-order chi connectivity index (χ1) is 8.95. The van der Waals surface area contributed by atoms with Crippen LogP contribution in [0.3, 0.4) is 0 Å². The summed E-state index contributed by atoms with van der Waals surface area (Å²) >= 11 is 0. The van der Waals surface area contributed by atoms with Crippen LogP contribution < -0.4 is 0 Å². The van der Waals surface area contributed by atoms with Crippen LogP contribution in [0.1, 0.15) is 31.4 Å². The van der Waals surface area contributed by atoms with Gasteiger partial charge >= 0.3 is 0 Å². The van der Waals surface area contributed by atoms with Gasteiger partial charge in [0.05, 0.1) is 0 Å². The van der Waals surface area contributed by atoms with Gasteiger partial charge in [-0.3, -0.25) is 4.55 Å². The van der Waals surface area contributed by atoms with Crippen LogP contribution in [0, 0.1) is 0 Å². The van der Waals surface area contributed by atoms with E-state index in [0.717, 1.165) is 35.8 Å². The van der Waals surface area contributed by atoms with E-state index in [0.29, 0.717) is 5.39 Å². The fourth-order valence-electron chi connectivity index (χ4n) is 2.31. The predicted molar refractivity (Wildman–Crippen MR) is 77.1 cm³/mol. The van der Waals surface area contributed by atoms with Crippen LogP contribution in [-0.4, -0.2) is 13.0 Å². The van der Waals surface area contributed by atoms with Gasteiger partial charge in [0, 0.05) is 5.39 Å². The second-order valence-corrected chi connectivity index (χ2v) is 6.12. The lowest BCUT2D eigenvalue weighted by Gasteiger charge is -2.09. The summed E-state index contributed by atoms with van der Waals surface area (Å²) in [6.45, 7) is 4.10. The van der Waals surface area contributed by atoms with E-state index in [1.807, 2.05) is 25.1 Å². The summed E-state index contributed by atoms with van der Waals surface area (Å²) in [5.41, 5.74) is 2.10. The highest BCUT2D eigenvalue weighted by Crippen LogP contribution is 2.27. The Labute approximate surface area is 114 Å². The van der Waals surface area contributed by atoms with Gasteiger partial charge in [-0.15, -0.1) is 0 Å². The molecule has 2 rings (SSSR count). The lowest BCUT2D eigenvalue weighted by molar-refractivity contribution is 0.484. The second kappa shape index (κ2) is 5.31. The number of fused-ring (bicyclic) bond motifs is 1. The SMILES string of the molecule is CCCc1cc(S(=O)(=O)O)c2ccc(CC)cc2c1. The summed E-state index contributed by atoms with van der Waals surface area (Å²) in [5, 5.41) is 1.46. The third kappa shape index (κ3) is 2.96. The van der Waals surface area contributed by atoms with Crippen LogP contribution in [0.2, 0.25) is 0 Å². The lowest BCUT2D eigenvalue weighted by Crippen LogP contribution is -2.01. The van der Waals surface area contributed by atoms with Crippen molar-refractivity contribution in [3.63, 3.8) is 0 Å². The summed E-state index contributed by atoms with van der Waals surface area (Å²) in [5.74, 6) is 0. The molecule has 0 spiro atoms.